The maximum Gasteiger partial charge on any atom is 0.303 e. The van der Waals surface area contributed by atoms with Gasteiger partial charge in [-0.15, -0.1) is 0 Å². The molecular formula is C39H76O6. The molecule has 0 aromatic rings. The van der Waals surface area contributed by atoms with Crippen molar-refractivity contribution in [2.24, 2.45) is 0 Å². The molecule has 268 valence electrons. The third-order valence-electron chi connectivity index (χ3n) is 7.57. The Bertz CT molecular complexity index is 579. The summed E-state index contributed by atoms with van der Waals surface area (Å²) in [6, 6.07) is 0. The van der Waals surface area contributed by atoms with Crippen LogP contribution in [0.25, 0.3) is 0 Å². The van der Waals surface area contributed by atoms with E-state index in [4.69, 9.17) is 20.4 Å². The van der Waals surface area contributed by atoms with Crippen molar-refractivity contribution < 1.29 is 30.0 Å². The first kappa shape index (κ1) is 47.7. The smallest absolute Gasteiger partial charge is 0.303 e. The van der Waals surface area contributed by atoms with Crippen LogP contribution in [-0.4, -0.2) is 45.1 Å². The molecule has 0 aliphatic heterocycles. The van der Waals surface area contributed by atoms with Gasteiger partial charge in [-0.3, -0.25) is 9.59 Å². The second-order valence-electron chi connectivity index (χ2n) is 12.5. The molecule has 45 heavy (non-hydrogen) atoms. The van der Waals surface area contributed by atoms with Gasteiger partial charge < -0.3 is 20.4 Å². The monoisotopic (exact) mass is 641 g/mol. The summed E-state index contributed by atoms with van der Waals surface area (Å²) < 4.78 is 0. The van der Waals surface area contributed by atoms with Crippen molar-refractivity contribution in [3.8, 4) is 0 Å². The number of carboxylic acid groups (broad SMARTS) is 2. The van der Waals surface area contributed by atoms with E-state index in [0.29, 0.717) is 12.8 Å². The largest absolute Gasteiger partial charge is 0.481 e. The topological polar surface area (TPSA) is 115 Å². The SMILES string of the molecule is CC(O)CO.CCCCCCCCC=CCCCCCCCC(=O)O.CCCCCCCCC=CCCCCCCCC(=O)O. The van der Waals surface area contributed by atoms with Gasteiger partial charge in [-0.05, 0) is 71.1 Å². The van der Waals surface area contributed by atoms with E-state index in [1.165, 1.54) is 148 Å². The first-order chi connectivity index (χ1) is 21.8. The van der Waals surface area contributed by atoms with Crippen LogP contribution in [0.1, 0.15) is 201 Å². The number of carbonyl (C=O) groups is 2. The summed E-state index contributed by atoms with van der Waals surface area (Å²) in [5.41, 5.74) is 0. The van der Waals surface area contributed by atoms with Gasteiger partial charge in [-0.2, -0.15) is 0 Å². The normalized spacial score (nSPS) is 11.7. The molecule has 0 heterocycles. The van der Waals surface area contributed by atoms with E-state index in [9.17, 15) is 9.59 Å². The number of hydrogen-bond acceptors (Lipinski definition) is 4. The fraction of sp³-hybridized carbons (Fsp3) is 0.846. The van der Waals surface area contributed by atoms with E-state index < -0.39 is 18.0 Å². The van der Waals surface area contributed by atoms with Crippen molar-refractivity contribution in [1.29, 1.82) is 0 Å². The average molecular weight is 641 g/mol. The van der Waals surface area contributed by atoms with Crippen LogP contribution in [0.5, 0.6) is 0 Å². The van der Waals surface area contributed by atoms with Gasteiger partial charge in [0.05, 0.1) is 12.7 Å². The van der Waals surface area contributed by atoms with E-state index in [1.807, 2.05) is 0 Å². The lowest BCUT2D eigenvalue weighted by molar-refractivity contribution is -0.138. The van der Waals surface area contributed by atoms with Gasteiger partial charge in [-0.1, -0.05) is 141 Å². The zero-order valence-corrected chi connectivity index (χ0v) is 30.0. The molecule has 0 radical (unpaired) electrons. The lowest BCUT2D eigenvalue weighted by Crippen LogP contribution is -2.03. The molecule has 0 bridgehead atoms. The van der Waals surface area contributed by atoms with Crippen LogP contribution in [-0.2, 0) is 9.59 Å². The van der Waals surface area contributed by atoms with Gasteiger partial charge in [0, 0.05) is 12.8 Å². The first-order valence-electron chi connectivity index (χ1n) is 18.8. The Morgan fingerprint density at radius 1 is 0.467 bits per heavy atom. The number of hydrogen-bond donors (Lipinski definition) is 4. The molecule has 1 unspecified atom stereocenters. The summed E-state index contributed by atoms with van der Waals surface area (Å²) in [5, 5.41) is 33.0. The number of aliphatic carboxylic acids is 2. The molecule has 0 fully saturated rings. The lowest BCUT2D eigenvalue weighted by atomic mass is 10.1. The van der Waals surface area contributed by atoms with Crippen LogP contribution in [0.15, 0.2) is 24.3 Å². The van der Waals surface area contributed by atoms with Crippen LogP contribution in [0.4, 0.5) is 0 Å². The minimum Gasteiger partial charge on any atom is -0.481 e. The van der Waals surface area contributed by atoms with Gasteiger partial charge in [0.2, 0.25) is 0 Å². The molecule has 1 atom stereocenters. The third-order valence-corrected chi connectivity index (χ3v) is 7.57. The number of aliphatic hydroxyl groups excluding tert-OH is 2. The van der Waals surface area contributed by atoms with Crippen LogP contribution < -0.4 is 0 Å². The number of rotatable bonds is 31. The van der Waals surface area contributed by atoms with Crippen LogP contribution in [0.2, 0.25) is 0 Å². The molecule has 0 aliphatic carbocycles. The van der Waals surface area contributed by atoms with E-state index >= 15 is 0 Å². The summed E-state index contributed by atoms with van der Waals surface area (Å²) >= 11 is 0. The summed E-state index contributed by atoms with van der Waals surface area (Å²) in [7, 11) is 0. The maximum atomic E-state index is 10.3. The molecule has 0 spiro atoms. The third kappa shape index (κ3) is 58.4. The summed E-state index contributed by atoms with van der Waals surface area (Å²) in [6.07, 6.45) is 41.9. The number of aliphatic hydroxyl groups is 2. The number of allylic oxidation sites excluding steroid dienone is 4. The van der Waals surface area contributed by atoms with Crippen molar-refractivity contribution >= 4 is 11.9 Å². The van der Waals surface area contributed by atoms with Crippen molar-refractivity contribution in [3.63, 3.8) is 0 Å². The molecule has 4 N–H and O–H groups in total. The van der Waals surface area contributed by atoms with Gasteiger partial charge in [0.15, 0.2) is 0 Å². The molecule has 6 heteroatoms. The van der Waals surface area contributed by atoms with Gasteiger partial charge in [0.1, 0.15) is 0 Å². The molecule has 6 nitrogen and oxygen atoms in total. The Hall–Kier alpha value is -1.66. The van der Waals surface area contributed by atoms with E-state index in [1.54, 1.807) is 0 Å². The number of unbranched alkanes of at least 4 members (excludes halogenated alkanes) is 22. The minimum atomic E-state index is -0.664. The molecule has 0 saturated heterocycles. The zero-order valence-electron chi connectivity index (χ0n) is 30.0. The fourth-order valence-corrected chi connectivity index (χ4v) is 4.69. The second-order valence-corrected chi connectivity index (χ2v) is 12.5. The van der Waals surface area contributed by atoms with E-state index in [2.05, 4.69) is 38.2 Å². The average Bonchev–Trinajstić information content (AvgIpc) is 3.01. The standard InChI is InChI=1S/2C18H34O2.C3H8O2/c2*1-2-3-4-5-6-7-8-9-10-11-12-13-14-15-16-17-18(19)20;1-3(5)2-4/h2*9-10H,2-8,11-17H2,1H3,(H,19,20);3-5H,2H2,1H3. The summed E-state index contributed by atoms with van der Waals surface area (Å²) in [4.78, 5) is 20.6. The predicted octanol–water partition coefficient (Wildman–Crippen LogP) is 11.6. The Morgan fingerprint density at radius 3 is 0.911 bits per heavy atom. The van der Waals surface area contributed by atoms with E-state index in [-0.39, 0.29) is 6.61 Å². The minimum absolute atomic E-state index is 0.139. The van der Waals surface area contributed by atoms with Crippen LogP contribution in [0.3, 0.4) is 0 Å². The number of carboxylic acids is 2. The van der Waals surface area contributed by atoms with Crippen LogP contribution >= 0.6 is 0 Å². The van der Waals surface area contributed by atoms with E-state index in [0.717, 1.165) is 25.7 Å². The highest BCUT2D eigenvalue weighted by Crippen LogP contribution is 2.11. The highest BCUT2D eigenvalue weighted by Gasteiger charge is 1.97. The zero-order chi connectivity index (χ0) is 34.1. The molecule has 0 saturated carbocycles. The quantitative estimate of drug-likeness (QED) is 0.0442. The summed E-state index contributed by atoms with van der Waals surface area (Å²) in [6.45, 7) is 5.91. The lowest BCUT2D eigenvalue weighted by Gasteiger charge is -1.99. The molecule has 0 aromatic carbocycles. The van der Waals surface area contributed by atoms with Crippen molar-refractivity contribution in [3.05, 3.63) is 24.3 Å². The first-order valence-corrected chi connectivity index (χ1v) is 18.8. The van der Waals surface area contributed by atoms with Gasteiger partial charge >= 0.3 is 11.9 Å². The Morgan fingerprint density at radius 2 is 0.689 bits per heavy atom. The van der Waals surface area contributed by atoms with Gasteiger partial charge in [-0.25, -0.2) is 0 Å². The second kappa shape index (κ2) is 44.5. The van der Waals surface area contributed by atoms with Crippen molar-refractivity contribution in [1.82, 2.24) is 0 Å². The molecule has 0 amide bonds. The molecular weight excluding hydrogens is 564 g/mol. The summed E-state index contributed by atoms with van der Waals surface area (Å²) in [5.74, 6) is -1.33. The highest BCUT2D eigenvalue weighted by atomic mass is 16.4. The van der Waals surface area contributed by atoms with Crippen LogP contribution in [0, 0.1) is 0 Å². The Labute approximate surface area is 279 Å². The van der Waals surface area contributed by atoms with Crippen molar-refractivity contribution in [2.75, 3.05) is 6.61 Å². The molecule has 0 aliphatic rings. The predicted molar refractivity (Wildman–Crippen MR) is 193 cm³/mol. The maximum absolute atomic E-state index is 10.3. The van der Waals surface area contributed by atoms with Crippen molar-refractivity contribution in [2.45, 2.75) is 207 Å². The Balaban J connectivity index is -0.000000680. The molecule has 0 aromatic heterocycles. The highest BCUT2D eigenvalue weighted by molar-refractivity contribution is 5.66. The Kier molecular flexibility index (Phi) is 47.2. The molecule has 0 rings (SSSR count). The fourth-order valence-electron chi connectivity index (χ4n) is 4.69. The van der Waals surface area contributed by atoms with Gasteiger partial charge in [0.25, 0.3) is 0 Å².